The Hall–Kier alpha value is -2.75. The number of likely N-dealkylation sites (N-methyl/N-ethyl adjacent to an activating group) is 1. The first-order valence-electron chi connectivity index (χ1n) is 34.3. The number of carboxylic acids is 1. The molecule has 0 rings (SSSR count). The van der Waals surface area contributed by atoms with E-state index >= 15 is 0 Å². The van der Waals surface area contributed by atoms with Crippen LogP contribution in [0, 0.1) is 0 Å². The van der Waals surface area contributed by atoms with Crippen LogP contribution in [-0.2, 0) is 33.3 Å². The molecular weight excluding hydrogens is 995 g/mol. The highest BCUT2D eigenvalue weighted by Crippen LogP contribution is 2.19. The molecule has 0 fully saturated rings. The van der Waals surface area contributed by atoms with E-state index in [0.29, 0.717) is 23.9 Å². The molecule has 0 aromatic heterocycles. The van der Waals surface area contributed by atoms with Gasteiger partial charge in [0.2, 0.25) is 0 Å². The number of hydrogen-bond acceptors (Lipinski definition) is 8. The molecule has 0 saturated carbocycles. The van der Waals surface area contributed by atoms with Crippen molar-refractivity contribution >= 4 is 17.9 Å². The van der Waals surface area contributed by atoms with Gasteiger partial charge in [-0.3, -0.25) is 9.59 Å². The maximum absolute atomic E-state index is 12.9. The highest BCUT2D eigenvalue weighted by molar-refractivity contribution is 5.70. The maximum atomic E-state index is 12.9. The minimum absolute atomic E-state index is 0.148. The van der Waals surface area contributed by atoms with Gasteiger partial charge in [0.05, 0.1) is 40.3 Å². The van der Waals surface area contributed by atoms with Gasteiger partial charge in [0.15, 0.2) is 12.4 Å². The van der Waals surface area contributed by atoms with Gasteiger partial charge in [-0.1, -0.05) is 313 Å². The van der Waals surface area contributed by atoms with Gasteiger partial charge in [-0.25, -0.2) is 0 Å². The van der Waals surface area contributed by atoms with Crippen LogP contribution >= 0.6 is 0 Å². The first-order valence-corrected chi connectivity index (χ1v) is 34.3. The van der Waals surface area contributed by atoms with E-state index in [9.17, 15) is 19.5 Å². The van der Waals surface area contributed by atoms with Crippen molar-refractivity contribution in [2.45, 2.75) is 341 Å². The second-order valence-corrected chi connectivity index (χ2v) is 24.4. The first kappa shape index (κ1) is 77.2. The summed E-state index contributed by atoms with van der Waals surface area (Å²) in [4.78, 5) is 37.5. The van der Waals surface area contributed by atoms with Crippen LogP contribution in [0.5, 0.6) is 0 Å². The molecule has 0 amide bonds. The summed E-state index contributed by atoms with van der Waals surface area (Å²) >= 11 is 0. The van der Waals surface area contributed by atoms with Gasteiger partial charge >= 0.3 is 11.9 Å². The average Bonchev–Trinajstić information content (AvgIpc) is 3.43. The number of quaternary nitrogens is 1. The summed E-state index contributed by atoms with van der Waals surface area (Å²) in [6, 6.07) is 0. The lowest BCUT2D eigenvalue weighted by Gasteiger charge is -2.26. The first-order chi connectivity index (χ1) is 39.1. The molecule has 0 aliphatic rings. The number of carbonyl (C=O) groups is 3. The molecule has 0 heterocycles. The number of carboxylic acid groups (broad SMARTS) is 1. The monoisotopic (exact) mass is 1130 g/mol. The zero-order valence-electron chi connectivity index (χ0n) is 53.5. The lowest BCUT2D eigenvalue weighted by molar-refractivity contribution is -0.870. The molecule has 0 N–H and O–H groups in total. The Kier molecular flexibility index (Phi) is 60.2. The average molecular weight is 1130 g/mol. The molecule has 0 aliphatic heterocycles. The minimum atomic E-state index is -1.62. The van der Waals surface area contributed by atoms with Crippen molar-refractivity contribution in [2.75, 3.05) is 47.5 Å². The Morgan fingerprint density at radius 1 is 0.388 bits per heavy atom. The molecule has 2 atom stereocenters. The number of carbonyl (C=O) groups excluding carboxylic acids is 3. The molecule has 0 bridgehead atoms. The van der Waals surface area contributed by atoms with Crippen molar-refractivity contribution in [3.63, 3.8) is 0 Å². The second kappa shape index (κ2) is 62.3. The van der Waals surface area contributed by atoms with Gasteiger partial charge in [-0.2, -0.15) is 0 Å². The summed E-state index contributed by atoms with van der Waals surface area (Å²) in [5.74, 6) is -2.26. The van der Waals surface area contributed by atoms with Crippen LogP contribution in [0.25, 0.3) is 0 Å². The Bertz CT molecular complexity index is 1450. The molecule has 0 aliphatic carbocycles. The number of esters is 2. The standard InChI is InChI=1S/C71H131NO8/c1-6-8-10-12-14-16-18-20-22-24-26-28-30-32-33-34-35-36-38-39-41-43-45-47-49-51-53-55-57-59-61-68(73)78-65-67(66-79-71(70(75)76)77-64-63-72(3,4)5)80-69(74)62-60-58-56-54-52-50-48-46-44-42-40-37-31-29-27-25-23-21-19-17-15-13-11-9-7-2/h9,11,15,17,21,23,27,29,67,71H,6-8,10,12-14,16,18-20,22,24-26,28,30-66H2,1-5H3/b11-9-,17-15-,23-21-,29-27-. The Labute approximate surface area is 495 Å². The third-order valence-corrected chi connectivity index (χ3v) is 15.3. The van der Waals surface area contributed by atoms with Gasteiger partial charge in [-0.05, 0) is 51.4 Å². The number of ether oxygens (including phenoxy) is 4. The Morgan fingerprint density at radius 3 is 1.06 bits per heavy atom. The topological polar surface area (TPSA) is 111 Å². The zero-order chi connectivity index (χ0) is 58.3. The van der Waals surface area contributed by atoms with Crippen molar-refractivity contribution in [1.82, 2.24) is 0 Å². The number of hydrogen-bond donors (Lipinski definition) is 0. The van der Waals surface area contributed by atoms with Gasteiger partial charge in [0.1, 0.15) is 13.2 Å². The predicted octanol–water partition coefficient (Wildman–Crippen LogP) is 19.6. The van der Waals surface area contributed by atoms with Crippen molar-refractivity contribution in [3.8, 4) is 0 Å². The van der Waals surface area contributed by atoms with Crippen molar-refractivity contribution < 1.29 is 42.9 Å². The van der Waals surface area contributed by atoms with Crippen LogP contribution in [0.4, 0.5) is 0 Å². The van der Waals surface area contributed by atoms with E-state index in [0.717, 1.165) is 64.2 Å². The summed E-state index contributed by atoms with van der Waals surface area (Å²) in [6.07, 6.45) is 76.2. The van der Waals surface area contributed by atoms with Gasteiger partial charge in [-0.15, -0.1) is 0 Å². The lowest BCUT2D eigenvalue weighted by atomic mass is 10.0. The van der Waals surface area contributed by atoms with Crippen molar-refractivity contribution in [1.29, 1.82) is 0 Å². The molecule has 0 saturated heterocycles. The van der Waals surface area contributed by atoms with E-state index in [-0.39, 0.29) is 32.2 Å². The molecule has 468 valence electrons. The van der Waals surface area contributed by atoms with E-state index in [2.05, 4.69) is 62.5 Å². The van der Waals surface area contributed by atoms with Crippen LogP contribution < -0.4 is 5.11 Å². The molecule has 0 aromatic carbocycles. The SMILES string of the molecule is CC/C=C\C/C=C\C/C=C\C/C=C\CCCCCCCCCCCCCCC(=O)OC(COC(=O)CCCCCCCCCCCCCCCCCCCCCCCCCCCCCCCC)COC(OCC[N+](C)(C)C)C(=O)[O-]. The van der Waals surface area contributed by atoms with E-state index < -0.39 is 24.3 Å². The molecule has 0 aromatic rings. The van der Waals surface area contributed by atoms with Crippen molar-refractivity contribution in [3.05, 3.63) is 48.6 Å². The zero-order valence-corrected chi connectivity index (χ0v) is 53.5. The normalized spacial score (nSPS) is 13.0. The number of nitrogens with zero attached hydrogens (tertiary/aromatic N) is 1. The minimum Gasteiger partial charge on any atom is -0.545 e. The maximum Gasteiger partial charge on any atom is 0.306 e. The summed E-state index contributed by atoms with van der Waals surface area (Å²) < 4.78 is 22.8. The molecule has 80 heavy (non-hydrogen) atoms. The smallest absolute Gasteiger partial charge is 0.306 e. The number of unbranched alkanes of at least 4 members (excludes halogenated alkanes) is 41. The van der Waals surface area contributed by atoms with E-state index in [1.54, 1.807) is 0 Å². The summed E-state index contributed by atoms with van der Waals surface area (Å²) in [6.45, 7) is 4.69. The molecule has 9 heteroatoms. The van der Waals surface area contributed by atoms with Gasteiger partial charge in [0, 0.05) is 12.8 Å². The summed E-state index contributed by atoms with van der Waals surface area (Å²) in [5, 5.41) is 11.8. The third-order valence-electron chi connectivity index (χ3n) is 15.3. The summed E-state index contributed by atoms with van der Waals surface area (Å²) in [5.41, 5.74) is 0. The highest BCUT2D eigenvalue weighted by Gasteiger charge is 2.22. The predicted molar refractivity (Wildman–Crippen MR) is 339 cm³/mol. The number of aliphatic carboxylic acids is 1. The lowest BCUT2D eigenvalue weighted by Crippen LogP contribution is -2.44. The molecule has 2 unspecified atom stereocenters. The second-order valence-electron chi connectivity index (χ2n) is 24.4. The van der Waals surface area contributed by atoms with Crippen molar-refractivity contribution in [2.24, 2.45) is 0 Å². The number of rotatable bonds is 64. The fraction of sp³-hybridized carbons (Fsp3) is 0.845. The van der Waals surface area contributed by atoms with E-state index in [4.69, 9.17) is 18.9 Å². The molecular formula is C71H131NO8. The highest BCUT2D eigenvalue weighted by atomic mass is 16.7. The molecule has 0 spiro atoms. The van der Waals surface area contributed by atoms with Crippen LogP contribution in [0.2, 0.25) is 0 Å². The van der Waals surface area contributed by atoms with Gasteiger partial charge < -0.3 is 33.3 Å². The molecule has 9 nitrogen and oxygen atoms in total. The largest absolute Gasteiger partial charge is 0.545 e. The summed E-state index contributed by atoms with van der Waals surface area (Å²) in [7, 11) is 5.94. The van der Waals surface area contributed by atoms with Crippen LogP contribution in [0.3, 0.4) is 0 Å². The molecule has 0 radical (unpaired) electrons. The quantitative estimate of drug-likeness (QED) is 0.0195. The fourth-order valence-electron chi connectivity index (χ4n) is 10.1. The van der Waals surface area contributed by atoms with Crippen LogP contribution in [0.15, 0.2) is 48.6 Å². The van der Waals surface area contributed by atoms with Crippen LogP contribution in [0.1, 0.15) is 328 Å². The Morgan fingerprint density at radius 2 is 0.713 bits per heavy atom. The van der Waals surface area contributed by atoms with E-state index in [1.165, 1.54) is 231 Å². The third kappa shape index (κ3) is 62.8. The van der Waals surface area contributed by atoms with E-state index in [1.807, 2.05) is 21.1 Å². The van der Waals surface area contributed by atoms with Gasteiger partial charge in [0.25, 0.3) is 0 Å². The van der Waals surface area contributed by atoms with Crippen LogP contribution in [-0.4, -0.2) is 82.3 Å². The fourth-order valence-corrected chi connectivity index (χ4v) is 10.1. The Balaban J connectivity index is 4.08. The number of allylic oxidation sites excluding steroid dienone is 8.